The van der Waals surface area contributed by atoms with Crippen LogP contribution in [-0.2, 0) is 4.79 Å². The fourth-order valence-electron chi connectivity index (χ4n) is 4.13. The second-order valence-corrected chi connectivity index (χ2v) is 9.00. The molecule has 0 atom stereocenters. The van der Waals surface area contributed by atoms with Crippen LogP contribution in [0, 0.1) is 5.92 Å². The topological polar surface area (TPSA) is 55.5 Å². The van der Waals surface area contributed by atoms with E-state index in [9.17, 15) is 4.79 Å². The number of amides is 1. The molecule has 0 saturated carbocycles. The fourth-order valence-corrected chi connectivity index (χ4v) is 4.34. The number of nitrogens with zero attached hydrogens (tertiary/aromatic N) is 4. The number of carbonyl (C=O) groups is 1. The number of aromatic amines is 1. The van der Waals surface area contributed by atoms with Crippen molar-refractivity contribution >= 4 is 34.2 Å². The van der Waals surface area contributed by atoms with Gasteiger partial charge in [0, 0.05) is 50.4 Å². The van der Waals surface area contributed by atoms with Gasteiger partial charge in [-0.15, -0.1) is 0 Å². The van der Waals surface area contributed by atoms with E-state index in [4.69, 9.17) is 16.6 Å². The molecule has 0 bridgehead atoms. The van der Waals surface area contributed by atoms with Gasteiger partial charge in [0.15, 0.2) is 0 Å². The summed E-state index contributed by atoms with van der Waals surface area (Å²) in [6, 6.07) is 14.1. The van der Waals surface area contributed by atoms with Gasteiger partial charge in [0.1, 0.15) is 5.82 Å². The SMILES string of the molecule is CN(C)CCN(C)C(=O)C1CCN(c2ccc(Cl)c(-c3nc4ccccc4[nH]3)c2)CC1. The highest BCUT2D eigenvalue weighted by molar-refractivity contribution is 6.33. The molecule has 1 aliphatic heterocycles. The monoisotopic (exact) mass is 439 g/mol. The van der Waals surface area contributed by atoms with E-state index in [-0.39, 0.29) is 11.8 Å². The molecule has 0 aliphatic carbocycles. The normalized spacial score (nSPS) is 15.1. The molecule has 0 unspecified atom stereocenters. The molecule has 31 heavy (non-hydrogen) atoms. The van der Waals surface area contributed by atoms with Crippen LogP contribution in [0.25, 0.3) is 22.4 Å². The highest BCUT2D eigenvalue weighted by atomic mass is 35.5. The van der Waals surface area contributed by atoms with Gasteiger partial charge in [0.05, 0.1) is 16.1 Å². The van der Waals surface area contributed by atoms with Gasteiger partial charge >= 0.3 is 0 Å². The smallest absolute Gasteiger partial charge is 0.225 e. The van der Waals surface area contributed by atoms with Crippen LogP contribution in [0.1, 0.15) is 12.8 Å². The summed E-state index contributed by atoms with van der Waals surface area (Å²) < 4.78 is 0. The van der Waals surface area contributed by atoms with Gasteiger partial charge in [-0.2, -0.15) is 0 Å². The standard InChI is InChI=1S/C24H30ClN5O/c1-28(2)14-15-29(3)24(31)17-10-12-30(13-11-17)18-8-9-20(25)19(16-18)23-26-21-6-4-5-7-22(21)27-23/h4-9,16-17H,10-15H2,1-3H3,(H,26,27). The molecule has 1 aliphatic rings. The molecule has 3 aromatic rings. The molecule has 164 valence electrons. The minimum atomic E-state index is 0.102. The van der Waals surface area contributed by atoms with Crippen LogP contribution in [0.15, 0.2) is 42.5 Å². The average Bonchev–Trinajstić information content (AvgIpc) is 3.21. The lowest BCUT2D eigenvalue weighted by molar-refractivity contribution is -0.134. The largest absolute Gasteiger partial charge is 0.371 e. The minimum Gasteiger partial charge on any atom is -0.371 e. The zero-order chi connectivity index (χ0) is 22.0. The summed E-state index contributed by atoms with van der Waals surface area (Å²) in [6.45, 7) is 3.37. The van der Waals surface area contributed by atoms with E-state index in [0.717, 1.165) is 67.1 Å². The first-order valence-corrected chi connectivity index (χ1v) is 11.2. The number of nitrogens with one attached hydrogen (secondary N) is 1. The van der Waals surface area contributed by atoms with E-state index in [2.05, 4.69) is 26.9 Å². The summed E-state index contributed by atoms with van der Waals surface area (Å²) in [5.74, 6) is 1.15. The Balaban J connectivity index is 1.44. The molecule has 6 nitrogen and oxygen atoms in total. The fraction of sp³-hybridized carbons (Fsp3) is 0.417. The number of anilines is 1. The number of aromatic nitrogens is 2. The summed E-state index contributed by atoms with van der Waals surface area (Å²) >= 11 is 6.52. The number of fused-ring (bicyclic) bond motifs is 1. The first-order valence-electron chi connectivity index (χ1n) is 10.8. The van der Waals surface area contributed by atoms with Crippen molar-refractivity contribution in [1.82, 2.24) is 19.8 Å². The van der Waals surface area contributed by atoms with Gasteiger partial charge in [-0.1, -0.05) is 23.7 Å². The van der Waals surface area contributed by atoms with Crippen molar-refractivity contribution in [3.63, 3.8) is 0 Å². The predicted octanol–water partition coefficient (Wildman–Crippen LogP) is 4.12. The average molecular weight is 440 g/mol. The van der Waals surface area contributed by atoms with Crippen LogP contribution in [0.2, 0.25) is 5.02 Å². The van der Waals surface area contributed by atoms with Crippen LogP contribution < -0.4 is 4.90 Å². The van der Waals surface area contributed by atoms with Gasteiger partial charge in [-0.05, 0) is 57.3 Å². The summed E-state index contributed by atoms with van der Waals surface area (Å²) in [6.07, 6.45) is 1.74. The number of hydrogen-bond donors (Lipinski definition) is 1. The Morgan fingerprint density at radius 1 is 1.13 bits per heavy atom. The summed E-state index contributed by atoms with van der Waals surface area (Å²) in [4.78, 5) is 27.2. The van der Waals surface area contributed by atoms with E-state index in [1.54, 1.807) is 0 Å². The van der Waals surface area contributed by atoms with Crippen LogP contribution in [0.5, 0.6) is 0 Å². The molecule has 1 fully saturated rings. The van der Waals surface area contributed by atoms with E-state index < -0.39 is 0 Å². The van der Waals surface area contributed by atoms with Crippen molar-refractivity contribution < 1.29 is 4.79 Å². The third-order valence-corrected chi connectivity index (χ3v) is 6.39. The second kappa shape index (κ2) is 9.28. The van der Waals surface area contributed by atoms with Crippen molar-refractivity contribution in [3.05, 3.63) is 47.5 Å². The predicted molar refractivity (Wildman–Crippen MR) is 128 cm³/mol. The molecule has 2 aromatic carbocycles. The summed E-state index contributed by atoms with van der Waals surface area (Å²) in [7, 11) is 5.97. The Bertz CT molecular complexity index is 1020. The van der Waals surface area contributed by atoms with Crippen molar-refractivity contribution in [1.29, 1.82) is 0 Å². The number of rotatable bonds is 6. The van der Waals surface area contributed by atoms with E-state index in [0.29, 0.717) is 5.02 Å². The van der Waals surface area contributed by atoms with Crippen molar-refractivity contribution in [2.45, 2.75) is 12.8 Å². The van der Waals surface area contributed by atoms with E-state index >= 15 is 0 Å². The zero-order valence-electron chi connectivity index (χ0n) is 18.4. The van der Waals surface area contributed by atoms with Crippen LogP contribution in [0.3, 0.4) is 0 Å². The van der Waals surface area contributed by atoms with Crippen molar-refractivity contribution in [2.24, 2.45) is 5.92 Å². The Morgan fingerprint density at radius 3 is 2.58 bits per heavy atom. The molecule has 0 radical (unpaired) electrons. The number of H-pyrrole nitrogens is 1. The first-order chi connectivity index (χ1) is 14.9. The number of imidazole rings is 1. The molecular formula is C24H30ClN5O. The van der Waals surface area contributed by atoms with E-state index in [1.165, 1.54) is 0 Å². The lowest BCUT2D eigenvalue weighted by atomic mass is 9.95. The van der Waals surface area contributed by atoms with Gasteiger partial charge in [0.2, 0.25) is 5.91 Å². The number of halogens is 1. The van der Waals surface area contributed by atoms with E-state index in [1.807, 2.05) is 56.4 Å². The third-order valence-electron chi connectivity index (χ3n) is 6.06. The summed E-state index contributed by atoms with van der Waals surface area (Å²) in [5.41, 5.74) is 3.94. The maximum atomic E-state index is 12.8. The highest BCUT2D eigenvalue weighted by Crippen LogP contribution is 2.33. The van der Waals surface area contributed by atoms with Crippen LogP contribution in [0.4, 0.5) is 5.69 Å². The maximum absolute atomic E-state index is 12.8. The maximum Gasteiger partial charge on any atom is 0.225 e. The Hall–Kier alpha value is -2.57. The lowest BCUT2D eigenvalue weighted by Crippen LogP contribution is -2.42. The number of benzene rings is 2. The third kappa shape index (κ3) is 4.86. The molecular weight excluding hydrogens is 410 g/mol. The van der Waals surface area contributed by atoms with Gasteiger partial charge < -0.3 is 19.7 Å². The lowest BCUT2D eigenvalue weighted by Gasteiger charge is -2.35. The second-order valence-electron chi connectivity index (χ2n) is 8.59. The van der Waals surface area contributed by atoms with Crippen molar-refractivity contribution in [3.8, 4) is 11.4 Å². The Morgan fingerprint density at radius 2 is 1.87 bits per heavy atom. The van der Waals surface area contributed by atoms with Crippen LogP contribution >= 0.6 is 11.6 Å². The number of para-hydroxylation sites is 2. The van der Waals surface area contributed by atoms with Gasteiger partial charge in [-0.25, -0.2) is 4.98 Å². The molecule has 1 saturated heterocycles. The zero-order valence-corrected chi connectivity index (χ0v) is 19.2. The Kier molecular flexibility index (Phi) is 6.49. The molecule has 2 heterocycles. The molecule has 1 N–H and O–H groups in total. The molecule has 4 rings (SSSR count). The minimum absolute atomic E-state index is 0.102. The van der Waals surface area contributed by atoms with Gasteiger partial charge in [0.25, 0.3) is 0 Å². The molecule has 1 amide bonds. The molecule has 7 heteroatoms. The van der Waals surface area contributed by atoms with Crippen LogP contribution in [-0.4, -0.2) is 73.0 Å². The Labute approximate surface area is 188 Å². The number of carbonyl (C=O) groups excluding carboxylic acids is 1. The summed E-state index contributed by atoms with van der Waals surface area (Å²) in [5, 5.41) is 0.676. The quantitative estimate of drug-likeness (QED) is 0.627. The number of hydrogen-bond acceptors (Lipinski definition) is 4. The first kappa shape index (κ1) is 21.7. The molecule has 0 spiro atoms. The van der Waals surface area contributed by atoms with Gasteiger partial charge in [-0.3, -0.25) is 4.79 Å². The number of likely N-dealkylation sites (N-methyl/N-ethyl adjacent to an activating group) is 2. The number of piperidine rings is 1. The highest BCUT2D eigenvalue weighted by Gasteiger charge is 2.27. The molecule has 1 aromatic heterocycles. The van der Waals surface area contributed by atoms with Crippen molar-refractivity contribution in [2.75, 3.05) is 52.2 Å².